The summed E-state index contributed by atoms with van der Waals surface area (Å²) in [5.74, 6) is -0.402. The van der Waals surface area contributed by atoms with Crippen LogP contribution in [-0.4, -0.2) is 18.0 Å². The standard InChI is InChI=1S/C12H14Cl2O2/c1-3-16-12(15)11(14)7-9-5-4-8(2)6-10(9)13/h4-6,11H,3,7H2,1-2H3. The fraction of sp³-hybridized carbons (Fsp3) is 0.417. The molecule has 0 aliphatic rings. The topological polar surface area (TPSA) is 26.3 Å². The second kappa shape index (κ2) is 6.12. The van der Waals surface area contributed by atoms with Gasteiger partial charge in [-0.05, 0) is 31.0 Å². The number of esters is 1. The molecule has 1 unspecified atom stereocenters. The van der Waals surface area contributed by atoms with E-state index in [1.165, 1.54) is 0 Å². The van der Waals surface area contributed by atoms with Gasteiger partial charge in [-0.3, -0.25) is 4.79 Å². The second-order valence-corrected chi connectivity index (χ2v) is 4.45. The first kappa shape index (κ1) is 13.3. The number of alkyl halides is 1. The van der Waals surface area contributed by atoms with Crippen molar-refractivity contribution in [1.29, 1.82) is 0 Å². The van der Waals surface area contributed by atoms with Crippen LogP contribution in [0.2, 0.25) is 5.02 Å². The Morgan fingerprint density at radius 3 is 2.75 bits per heavy atom. The Morgan fingerprint density at radius 1 is 1.50 bits per heavy atom. The maximum absolute atomic E-state index is 11.3. The average Bonchev–Trinajstić information content (AvgIpc) is 2.22. The molecular formula is C12H14Cl2O2. The Labute approximate surface area is 106 Å². The zero-order valence-corrected chi connectivity index (χ0v) is 10.8. The molecule has 0 fully saturated rings. The molecule has 0 N–H and O–H groups in total. The van der Waals surface area contributed by atoms with Crippen molar-refractivity contribution in [2.24, 2.45) is 0 Å². The molecule has 2 nitrogen and oxygen atoms in total. The minimum absolute atomic E-state index is 0.337. The monoisotopic (exact) mass is 260 g/mol. The normalized spacial score (nSPS) is 12.2. The van der Waals surface area contributed by atoms with Gasteiger partial charge in [0.2, 0.25) is 0 Å². The zero-order chi connectivity index (χ0) is 12.1. The summed E-state index contributed by atoms with van der Waals surface area (Å²) in [7, 11) is 0. The van der Waals surface area contributed by atoms with Crippen molar-refractivity contribution >= 4 is 29.2 Å². The van der Waals surface area contributed by atoms with E-state index in [1.807, 2.05) is 25.1 Å². The molecule has 0 aliphatic carbocycles. The predicted octanol–water partition coefficient (Wildman–Crippen LogP) is 3.36. The maximum Gasteiger partial charge on any atom is 0.324 e. The van der Waals surface area contributed by atoms with E-state index in [0.717, 1.165) is 11.1 Å². The maximum atomic E-state index is 11.3. The summed E-state index contributed by atoms with van der Waals surface area (Å²) in [6.45, 7) is 4.04. The lowest BCUT2D eigenvalue weighted by molar-refractivity contribution is -0.142. The summed E-state index contributed by atoms with van der Waals surface area (Å²) in [4.78, 5) is 11.3. The van der Waals surface area contributed by atoms with E-state index in [0.29, 0.717) is 18.1 Å². The third kappa shape index (κ3) is 3.69. The van der Waals surface area contributed by atoms with Crippen LogP contribution >= 0.6 is 23.2 Å². The summed E-state index contributed by atoms with van der Waals surface area (Å²) in [6.07, 6.45) is 0.388. The molecule has 0 spiro atoms. The molecule has 16 heavy (non-hydrogen) atoms. The largest absolute Gasteiger partial charge is 0.465 e. The molecule has 0 aromatic heterocycles. The molecule has 1 rings (SSSR count). The van der Waals surface area contributed by atoms with Crippen molar-refractivity contribution < 1.29 is 9.53 Å². The molecule has 0 saturated heterocycles. The number of hydrogen-bond acceptors (Lipinski definition) is 2. The van der Waals surface area contributed by atoms with Gasteiger partial charge in [-0.2, -0.15) is 0 Å². The molecule has 0 amide bonds. The molecule has 0 radical (unpaired) electrons. The molecule has 0 aliphatic heterocycles. The van der Waals surface area contributed by atoms with Crippen molar-refractivity contribution in [3.05, 3.63) is 34.3 Å². The van der Waals surface area contributed by atoms with E-state index < -0.39 is 11.3 Å². The van der Waals surface area contributed by atoms with Crippen LogP contribution < -0.4 is 0 Å². The van der Waals surface area contributed by atoms with Gasteiger partial charge in [0.1, 0.15) is 5.38 Å². The van der Waals surface area contributed by atoms with Gasteiger partial charge in [-0.15, -0.1) is 11.6 Å². The molecule has 0 bridgehead atoms. The van der Waals surface area contributed by atoms with Gasteiger partial charge in [0.05, 0.1) is 6.61 Å². The Morgan fingerprint density at radius 2 is 2.19 bits per heavy atom. The third-order valence-corrected chi connectivity index (χ3v) is 2.83. The van der Waals surface area contributed by atoms with E-state index in [2.05, 4.69) is 0 Å². The fourth-order valence-corrected chi connectivity index (χ4v) is 1.87. The number of carbonyl (C=O) groups excluding carboxylic acids is 1. The van der Waals surface area contributed by atoms with Crippen molar-refractivity contribution in [2.45, 2.75) is 25.6 Å². The van der Waals surface area contributed by atoms with Gasteiger partial charge in [0.15, 0.2) is 0 Å². The van der Waals surface area contributed by atoms with Crippen LogP contribution in [0.5, 0.6) is 0 Å². The number of halogens is 2. The first-order valence-electron chi connectivity index (χ1n) is 5.10. The van der Waals surface area contributed by atoms with Crippen LogP contribution in [0.15, 0.2) is 18.2 Å². The lowest BCUT2D eigenvalue weighted by atomic mass is 10.1. The quantitative estimate of drug-likeness (QED) is 0.613. The average molecular weight is 261 g/mol. The zero-order valence-electron chi connectivity index (χ0n) is 9.30. The van der Waals surface area contributed by atoms with E-state index >= 15 is 0 Å². The van der Waals surface area contributed by atoms with Gasteiger partial charge in [0, 0.05) is 11.4 Å². The van der Waals surface area contributed by atoms with Crippen LogP contribution in [0.4, 0.5) is 0 Å². The van der Waals surface area contributed by atoms with Gasteiger partial charge >= 0.3 is 5.97 Å². The Bertz CT molecular complexity index is 377. The van der Waals surface area contributed by atoms with Crippen molar-refractivity contribution in [3.63, 3.8) is 0 Å². The van der Waals surface area contributed by atoms with Crippen molar-refractivity contribution in [2.75, 3.05) is 6.61 Å². The number of benzene rings is 1. The Hall–Kier alpha value is -0.730. The molecule has 1 atom stereocenters. The SMILES string of the molecule is CCOC(=O)C(Cl)Cc1ccc(C)cc1Cl. The molecule has 1 aromatic rings. The first-order valence-corrected chi connectivity index (χ1v) is 5.91. The molecule has 1 aromatic carbocycles. The highest BCUT2D eigenvalue weighted by molar-refractivity contribution is 6.32. The molecular weight excluding hydrogens is 247 g/mol. The molecule has 88 valence electrons. The van der Waals surface area contributed by atoms with Gasteiger partial charge in [-0.25, -0.2) is 0 Å². The highest BCUT2D eigenvalue weighted by Gasteiger charge is 2.18. The van der Waals surface area contributed by atoms with Crippen LogP contribution in [-0.2, 0) is 16.0 Å². The van der Waals surface area contributed by atoms with E-state index in [9.17, 15) is 4.79 Å². The predicted molar refractivity (Wildman–Crippen MR) is 66.2 cm³/mol. The minimum Gasteiger partial charge on any atom is -0.465 e. The first-order chi connectivity index (χ1) is 7.54. The summed E-state index contributed by atoms with van der Waals surface area (Å²) < 4.78 is 4.83. The van der Waals surface area contributed by atoms with Crippen LogP contribution in [0.1, 0.15) is 18.1 Å². The van der Waals surface area contributed by atoms with E-state index in [4.69, 9.17) is 27.9 Å². The molecule has 0 heterocycles. The van der Waals surface area contributed by atoms with Crippen LogP contribution in [0.3, 0.4) is 0 Å². The number of ether oxygens (including phenoxy) is 1. The number of carbonyl (C=O) groups is 1. The molecule has 4 heteroatoms. The number of aryl methyl sites for hydroxylation is 1. The summed E-state index contributed by atoms with van der Waals surface area (Å²) in [5, 5.41) is -0.0462. The Kier molecular flexibility index (Phi) is 5.10. The Balaban J connectivity index is 2.69. The summed E-state index contributed by atoms with van der Waals surface area (Å²) >= 11 is 12.0. The minimum atomic E-state index is -0.680. The van der Waals surface area contributed by atoms with Crippen molar-refractivity contribution in [3.8, 4) is 0 Å². The lowest BCUT2D eigenvalue weighted by Gasteiger charge is -2.10. The van der Waals surface area contributed by atoms with Gasteiger partial charge in [0.25, 0.3) is 0 Å². The van der Waals surface area contributed by atoms with Gasteiger partial charge in [-0.1, -0.05) is 23.7 Å². The fourth-order valence-electron chi connectivity index (χ4n) is 1.33. The van der Waals surface area contributed by atoms with Crippen molar-refractivity contribution in [1.82, 2.24) is 0 Å². The lowest BCUT2D eigenvalue weighted by Crippen LogP contribution is -2.20. The van der Waals surface area contributed by atoms with Crippen LogP contribution in [0.25, 0.3) is 0 Å². The third-order valence-electron chi connectivity index (χ3n) is 2.15. The highest BCUT2D eigenvalue weighted by Crippen LogP contribution is 2.20. The number of rotatable bonds is 4. The second-order valence-electron chi connectivity index (χ2n) is 3.52. The highest BCUT2D eigenvalue weighted by atomic mass is 35.5. The van der Waals surface area contributed by atoms with E-state index in [1.54, 1.807) is 6.92 Å². The molecule has 0 saturated carbocycles. The van der Waals surface area contributed by atoms with Crippen LogP contribution in [0, 0.1) is 6.92 Å². The van der Waals surface area contributed by atoms with Gasteiger partial charge < -0.3 is 4.74 Å². The number of hydrogen-bond donors (Lipinski definition) is 0. The summed E-state index contributed by atoms with van der Waals surface area (Å²) in [6, 6.07) is 5.67. The van der Waals surface area contributed by atoms with E-state index in [-0.39, 0.29) is 0 Å². The smallest absolute Gasteiger partial charge is 0.324 e. The summed E-state index contributed by atoms with van der Waals surface area (Å²) in [5.41, 5.74) is 1.94.